The monoisotopic (exact) mass is 385 g/mol. The van der Waals surface area contributed by atoms with Gasteiger partial charge in [-0.25, -0.2) is 4.98 Å². The predicted octanol–water partition coefficient (Wildman–Crippen LogP) is 3.15. The van der Waals surface area contributed by atoms with Gasteiger partial charge in [-0.05, 0) is 36.1 Å². The van der Waals surface area contributed by atoms with Crippen LogP contribution in [0.4, 0.5) is 5.82 Å². The van der Waals surface area contributed by atoms with Gasteiger partial charge in [-0.15, -0.1) is 0 Å². The summed E-state index contributed by atoms with van der Waals surface area (Å²) in [5.74, 6) is 0.639. The maximum atomic E-state index is 12.5. The molecule has 3 heterocycles. The van der Waals surface area contributed by atoms with Crippen LogP contribution >= 0.6 is 11.6 Å². The van der Waals surface area contributed by atoms with Crippen LogP contribution in [0.3, 0.4) is 0 Å². The highest BCUT2D eigenvalue weighted by Crippen LogP contribution is 2.33. The molecule has 6 nitrogen and oxygen atoms in total. The first-order valence-electron chi connectivity index (χ1n) is 9.02. The van der Waals surface area contributed by atoms with Crippen LogP contribution in [-0.4, -0.2) is 47.9 Å². The number of rotatable bonds is 5. The molecule has 0 unspecified atom stereocenters. The second-order valence-electron chi connectivity index (χ2n) is 6.80. The van der Waals surface area contributed by atoms with Crippen LogP contribution in [-0.2, 0) is 16.1 Å². The summed E-state index contributed by atoms with van der Waals surface area (Å²) in [5.41, 5.74) is 3.24. The summed E-state index contributed by atoms with van der Waals surface area (Å²) in [6.45, 7) is 2.08. The van der Waals surface area contributed by atoms with Crippen LogP contribution in [0.1, 0.15) is 28.8 Å². The maximum absolute atomic E-state index is 12.5. The van der Waals surface area contributed by atoms with Gasteiger partial charge < -0.3 is 19.7 Å². The summed E-state index contributed by atoms with van der Waals surface area (Å²) < 4.78 is 5.39. The lowest BCUT2D eigenvalue weighted by Crippen LogP contribution is -2.28. The first kappa shape index (κ1) is 17.9. The van der Waals surface area contributed by atoms with E-state index in [2.05, 4.69) is 10.3 Å². The lowest BCUT2D eigenvalue weighted by atomic mass is 10.0. The van der Waals surface area contributed by atoms with E-state index in [-0.39, 0.29) is 12.5 Å². The van der Waals surface area contributed by atoms with E-state index in [0.717, 1.165) is 54.8 Å². The van der Waals surface area contributed by atoms with Gasteiger partial charge in [-0.2, -0.15) is 0 Å². The molecule has 0 bridgehead atoms. The van der Waals surface area contributed by atoms with E-state index in [1.54, 1.807) is 6.20 Å². The quantitative estimate of drug-likeness (QED) is 0.800. The molecule has 140 valence electrons. The molecule has 1 N–H and O–H groups in total. The largest absolute Gasteiger partial charge is 0.381 e. The minimum Gasteiger partial charge on any atom is -0.381 e. The van der Waals surface area contributed by atoms with Crippen LogP contribution in [0.25, 0.3) is 11.1 Å². The topological polar surface area (TPSA) is 71.5 Å². The second-order valence-corrected chi connectivity index (χ2v) is 7.21. The third kappa shape index (κ3) is 3.68. The Hall–Kier alpha value is -2.44. The molecule has 0 spiro atoms. The zero-order valence-corrected chi connectivity index (χ0v) is 15.5. The molecule has 0 radical (unpaired) electrons. The number of hydrogen-bond donors (Lipinski definition) is 1. The fourth-order valence-corrected chi connectivity index (χ4v) is 3.77. The minimum absolute atomic E-state index is 0.109. The molecule has 1 aromatic carbocycles. The molecule has 27 heavy (non-hydrogen) atoms. The number of aromatic nitrogens is 1. The van der Waals surface area contributed by atoms with Crippen LogP contribution in [0.2, 0.25) is 5.02 Å². The van der Waals surface area contributed by atoms with Gasteiger partial charge >= 0.3 is 0 Å². The Morgan fingerprint density at radius 3 is 2.85 bits per heavy atom. The fourth-order valence-electron chi connectivity index (χ4n) is 3.56. The number of nitrogens with one attached hydrogen (secondary N) is 1. The number of aldehydes is 1. The molecule has 0 saturated carbocycles. The highest BCUT2D eigenvalue weighted by atomic mass is 35.5. The molecule has 2 aliphatic heterocycles. The standard InChI is InChI=1S/C20H20ClN3O3/c21-18-11-22-19(23-15-3-7-27-8-4-15)10-16(18)13-1-2-14-12-24(5-6-25)20(26)17(14)9-13/h1-2,6,9-11,15H,3-5,7-8,12H2,(H,22,23). The van der Waals surface area contributed by atoms with Gasteiger partial charge in [0.05, 0.1) is 11.6 Å². The summed E-state index contributed by atoms with van der Waals surface area (Å²) in [7, 11) is 0. The van der Waals surface area contributed by atoms with E-state index in [0.29, 0.717) is 23.2 Å². The number of carbonyl (C=O) groups is 2. The molecule has 2 aromatic rings. The summed E-state index contributed by atoms with van der Waals surface area (Å²) in [6, 6.07) is 7.98. The molecule has 1 amide bonds. The Kier molecular flexibility index (Phi) is 5.09. The summed E-state index contributed by atoms with van der Waals surface area (Å²) >= 11 is 6.39. The van der Waals surface area contributed by atoms with Crippen LogP contribution in [0.5, 0.6) is 0 Å². The van der Waals surface area contributed by atoms with Gasteiger partial charge in [0.25, 0.3) is 5.91 Å². The fraction of sp³-hybridized carbons (Fsp3) is 0.350. The Bertz CT molecular complexity index is 881. The van der Waals surface area contributed by atoms with E-state index in [1.165, 1.54) is 4.90 Å². The number of anilines is 1. The van der Waals surface area contributed by atoms with Crippen molar-refractivity contribution in [3.63, 3.8) is 0 Å². The van der Waals surface area contributed by atoms with Crippen molar-refractivity contribution in [1.82, 2.24) is 9.88 Å². The Morgan fingerprint density at radius 1 is 1.26 bits per heavy atom. The number of hydrogen-bond acceptors (Lipinski definition) is 5. The SMILES string of the molecule is O=CCN1Cc2ccc(-c3cc(NC4CCOCC4)ncc3Cl)cc2C1=O. The molecular weight excluding hydrogens is 366 g/mol. The van der Waals surface area contributed by atoms with E-state index in [1.807, 2.05) is 24.3 Å². The smallest absolute Gasteiger partial charge is 0.254 e. The number of pyridine rings is 1. The third-order valence-electron chi connectivity index (χ3n) is 5.02. The van der Waals surface area contributed by atoms with Crippen molar-refractivity contribution < 1.29 is 14.3 Å². The van der Waals surface area contributed by atoms with Crippen molar-refractivity contribution >= 4 is 29.6 Å². The number of fused-ring (bicyclic) bond motifs is 1. The zero-order chi connectivity index (χ0) is 18.8. The lowest BCUT2D eigenvalue weighted by molar-refractivity contribution is -0.108. The number of ether oxygens (including phenoxy) is 1. The van der Waals surface area contributed by atoms with Crippen molar-refractivity contribution in [2.24, 2.45) is 0 Å². The van der Waals surface area contributed by atoms with E-state index < -0.39 is 0 Å². The van der Waals surface area contributed by atoms with Gasteiger partial charge in [0, 0.05) is 43.1 Å². The third-order valence-corrected chi connectivity index (χ3v) is 5.32. The maximum Gasteiger partial charge on any atom is 0.254 e. The number of halogens is 1. The first-order chi connectivity index (χ1) is 13.2. The number of carbonyl (C=O) groups excluding carboxylic acids is 2. The Balaban J connectivity index is 1.61. The van der Waals surface area contributed by atoms with E-state index >= 15 is 0 Å². The van der Waals surface area contributed by atoms with E-state index in [9.17, 15) is 9.59 Å². The van der Waals surface area contributed by atoms with Crippen molar-refractivity contribution in [1.29, 1.82) is 0 Å². The molecule has 4 rings (SSSR count). The normalized spacial score (nSPS) is 17.1. The predicted molar refractivity (Wildman–Crippen MR) is 103 cm³/mol. The summed E-state index contributed by atoms with van der Waals surface area (Å²) in [5, 5.41) is 3.97. The average Bonchev–Trinajstić information content (AvgIpc) is 3.00. The zero-order valence-electron chi connectivity index (χ0n) is 14.8. The lowest BCUT2D eigenvalue weighted by Gasteiger charge is -2.23. The molecule has 7 heteroatoms. The van der Waals surface area contributed by atoms with Gasteiger partial charge in [0.1, 0.15) is 12.1 Å². The summed E-state index contributed by atoms with van der Waals surface area (Å²) in [6.07, 6.45) is 4.27. The number of benzene rings is 1. The van der Waals surface area contributed by atoms with Gasteiger partial charge in [0.15, 0.2) is 0 Å². The molecule has 1 aromatic heterocycles. The van der Waals surface area contributed by atoms with Crippen molar-refractivity contribution in [2.75, 3.05) is 25.1 Å². The molecule has 0 atom stereocenters. The van der Waals surface area contributed by atoms with Gasteiger partial charge in [0.2, 0.25) is 0 Å². The van der Waals surface area contributed by atoms with Crippen molar-refractivity contribution in [3.8, 4) is 11.1 Å². The highest BCUT2D eigenvalue weighted by Gasteiger charge is 2.27. The van der Waals surface area contributed by atoms with Crippen LogP contribution in [0, 0.1) is 0 Å². The highest BCUT2D eigenvalue weighted by molar-refractivity contribution is 6.33. The molecule has 0 aliphatic carbocycles. The molecule has 1 saturated heterocycles. The average molecular weight is 386 g/mol. The number of nitrogens with zero attached hydrogens (tertiary/aromatic N) is 2. The van der Waals surface area contributed by atoms with Gasteiger partial charge in [-0.3, -0.25) is 4.79 Å². The first-order valence-corrected chi connectivity index (χ1v) is 9.39. The second kappa shape index (κ2) is 7.66. The van der Waals surface area contributed by atoms with Crippen molar-refractivity contribution in [3.05, 3.63) is 46.6 Å². The Labute approximate surface area is 162 Å². The van der Waals surface area contributed by atoms with Crippen LogP contribution in [0.15, 0.2) is 30.5 Å². The molecule has 2 aliphatic rings. The van der Waals surface area contributed by atoms with E-state index in [4.69, 9.17) is 16.3 Å². The minimum atomic E-state index is -0.121. The van der Waals surface area contributed by atoms with Gasteiger partial charge in [-0.1, -0.05) is 23.7 Å². The molecule has 1 fully saturated rings. The van der Waals surface area contributed by atoms with Crippen molar-refractivity contribution in [2.45, 2.75) is 25.4 Å². The molecular formula is C20H20ClN3O3. The van der Waals surface area contributed by atoms with Crippen LogP contribution < -0.4 is 5.32 Å². The summed E-state index contributed by atoms with van der Waals surface area (Å²) in [4.78, 5) is 29.2. The number of amides is 1. The Morgan fingerprint density at radius 2 is 2.07 bits per heavy atom.